The summed E-state index contributed by atoms with van der Waals surface area (Å²) in [6.07, 6.45) is 0.582. The van der Waals surface area contributed by atoms with Crippen LogP contribution in [-0.2, 0) is 16.1 Å². The topological polar surface area (TPSA) is 69.4 Å². The maximum atomic E-state index is 11.9. The van der Waals surface area contributed by atoms with Crippen LogP contribution in [0.4, 0.5) is 5.69 Å². The van der Waals surface area contributed by atoms with Crippen LogP contribution in [0, 0.1) is 10.1 Å². The molecule has 8 heteroatoms. The van der Waals surface area contributed by atoms with Gasteiger partial charge < -0.3 is 4.74 Å². The molecule has 0 aliphatic heterocycles. The van der Waals surface area contributed by atoms with Crippen molar-refractivity contribution in [2.24, 2.45) is 0 Å². The normalized spacial score (nSPS) is 23.7. The van der Waals surface area contributed by atoms with Gasteiger partial charge in [-0.3, -0.25) is 14.9 Å². The van der Waals surface area contributed by atoms with E-state index in [1.807, 2.05) is 0 Å². The van der Waals surface area contributed by atoms with Crippen molar-refractivity contribution in [1.29, 1.82) is 0 Å². The molecule has 1 aliphatic carbocycles. The van der Waals surface area contributed by atoms with E-state index in [-0.39, 0.29) is 18.3 Å². The number of nitrogens with zero attached hydrogens (tertiary/aromatic N) is 1. The van der Waals surface area contributed by atoms with Gasteiger partial charge in [-0.25, -0.2) is 0 Å². The Morgan fingerprint density at radius 3 is 2.26 bits per heavy atom. The number of nitro groups is 1. The lowest BCUT2D eigenvalue weighted by atomic mass is 10.2. The molecule has 0 heterocycles. The van der Waals surface area contributed by atoms with E-state index in [9.17, 15) is 14.9 Å². The van der Waals surface area contributed by atoms with E-state index in [1.54, 1.807) is 12.1 Å². The largest absolute Gasteiger partial charge is 0.460 e. The Bertz CT molecular complexity index is 531. The van der Waals surface area contributed by atoms with Gasteiger partial charge in [0.25, 0.3) is 5.69 Å². The Morgan fingerprint density at radius 1 is 1.32 bits per heavy atom. The number of carbonyl (C=O) groups is 1. The van der Waals surface area contributed by atoms with Gasteiger partial charge in [-0.1, -0.05) is 47.8 Å². The van der Waals surface area contributed by atoms with Crippen molar-refractivity contribution in [3.05, 3.63) is 39.9 Å². The molecule has 0 radical (unpaired) electrons. The molecule has 1 saturated carbocycles. The quantitative estimate of drug-likeness (QED) is 0.299. The molecule has 2 rings (SSSR count). The number of benzene rings is 1. The fraction of sp³-hybridized carbons (Fsp3) is 0.364. The number of rotatable bonds is 4. The van der Waals surface area contributed by atoms with Gasteiger partial charge in [0, 0.05) is 18.6 Å². The lowest BCUT2D eigenvalue weighted by Gasteiger charge is -2.10. The zero-order valence-electron chi connectivity index (χ0n) is 9.44. The number of ether oxygens (including phenoxy) is 1. The Kier molecular flexibility index (Phi) is 4.04. The molecule has 1 aliphatic rings. The first-order valence-corrected chi connectivity index (χ1v) is 7.61. The number of hydrogen-bond donors (Lipinski definition) is 0. The van der Waals surface area contributed by atoms with E-state index in [1.165, 1.54) is 12.1 Å². The molecule has 0 amide bonds. The minimum Gasteiger partial charge on any atom is -0.460 e. The number of nitro benzene ring substituents is 1. The van der Waals surface area contributed by atoms with E-state index < -0.39 is 12.5 Å². The van der Waals surface area contributed by atoms with Gasteiger partial charge in [0.15, 0.2) is 0 Å². The van der Waals surface area contributed by atoms with E-state index in [4.69, 9.17) is 4.74 Å². The fourth-order valence-corrected chi connectivity index (χ4v) is 3.91. The van der Waals surface area contributed by atoms with Gasteiger partial charge in [0.1, 0.15) is 14.2 Å². The minimum atomic E-state index is -0.749. The van der Waals surface area contributed by atoms with Crippen LogP contribution in [0.2, 0.25) is 0 Å². The van der Waals surface area contributed by atoms with Gasteiger partial charge in [0.2, 0.25) is 0 Å². The molecule has 1 unspecified atom stereocenters. The van der Waals surface area contributed by atoms with Gasteiger partial charge in [-0.15, -0.1) is 0 Å². The van der Waals surface area contributed by atoms with Gasteiger partial charge in [0.05, 0.1) is 4.92 Å². The first-order chi connectivity index (χ1) is 8.76. The van der Waals surface area contributed by atoms with Crippen LogP contribution < -0.4 is 0 Å². The maximum Gasteiger partial charge on any atom is 0.325 e. The molecule has 1 fully saturated rings. The van der Waals surface area contributed by atoms with Crippen molar-refractivity contribution >= 4 is 59.4 Å². The summed E-state index contributed by atoms with van der Waals surface area (Å²) in [5.41, 5.74) is 0.708. The van der Waals surface area contributed by atoms with Crippen LogP contribution >= 0.6 is 47.8 Å². The summed E-state index contributed by atoms with van der Waals surface area (Å²) in [5.74, 6) is -0.375. The van der Waals surface area contributed by atoms with E-state index in [2.05, 4.69) is 47.8 Å². The molecule has 0 aromatic heterocycles. The Balaban J connectivity index is 1.93. The second-order valence-electron chi connectivity index (χ2n) is 4.18. The van der Waals surface area contributed by atoms with Gasteiger partial charge in [-0.2, -0.15) is 0 Å². The van der Waals surface area contributed by atoms with E-state index in [0.717, 1.165) is 0 Å². The average molecular weight is 458 g/mol. The van der Waals surface area contributed by atoms with Crippen LogP contribution in [0.3, 0.4) is 0 Å². The zero-order valence-corrected chi connectivity index (χ0v) is 14.2. The number of hydrogen-bond acceptors (Lipinski definition) is 4. The molecule has 1 aromatic carbocycles. The molecule has 102 valence electrons. The third-order valence-corrected chi connectivity index (χ3v) is 7.02. The van der Waals surface area contributed by atoms with Crippen molar-refractivity contribution < 1.29 is 14.5 Å². The molecule has 1 aromatic rings. The molecule has 0 saturated heterocycles. The zero-order chi connectivity index (χ0) is 14.3. The highest BCUT2D eigenvalue weighted by atomic mass is 79.9. The molecule has 19 heavy (non-hydrogen) atoms. The third-order valence-electron chi connectivity index (χ3n) is 2.76. The summed E-state index contributed by atoms with van der Waals surface area (Å²) in [6, 6.07) is 5.89. The van der Waals surface area contributed by atoms with Gasteiger partial charge in [-0.05, 0) is 17.7 Å². The number of carbonyl (C=O) groups excluding carboxylic acids is 1. The van der Waals surface area contributed by atoms with Crippen LogP contribution in [0.1, 0.15) is 12.0 Å². The lowest BCUT2D eigenvalue weighted by molar-refractivity contribution is -0.384. The highest BCUT2D eigenvalue weighted by Crippen LogP contribution is 2.65. The van der Waals surface area contributed by atoms with Gasteiger partial charge >= 0.3 is 5.97 Å². The molecular weight excluding hydrogens is 450 g/mol. The summed E-state index contributed by atoms with van der Waals surface area (Å²) in [6.45, 7) is 0.0836. The van der Waals surface area contributed by atoms with Crippen molar-refractivity contribution in [2.45, 2.75) is 20.6 Å². The minimum absolute atomic E-state index is 0.00849. The van der Waals surface area contributed by atoms with Crippen molar-refractivity contribution in [1.82, 2.24) is 0 Å². The molecule has 0 N–H and O–H groups in total. The number of alkyl halides is 3. The first-order valence-electron chi connectivity index (χ1n) is 5.23. The molecule has 1 atom stereocenters. The van der Waals surface area contributed by atoms with Crippen molar-refractivity contribution in [3.63, 3.8) is 0 Å². The number of halogens is 3. The summed E-state index contributed by atoms with van der Waals surface area (Å²) < 4.78 is 3.97. The van der Waals surface area contributed by atoms with Crippen LogP contribution in [0.25, 0.3) is 0 Å². The second-order valence-corrected chi connectivity index (χ2v) is 9.31. The van der Waals surface area contributed by atoms with E-state index in [0.29, 0.717) is 12.0 Å². The molecule has 0 spiro atoms. The predicted molar refractivity (Wildman–Crippen MR) is 79.8 cm³/mol. The van der Waals surface area contributed by atoms with Crippen LogP contribution in [0.5, 0.6) is 0 Å². The lowest BCUT2D eigenvalue weighted by Crippen LogP contribution is -2.23. The average Bonchev–Trinajstić information content (AvgIpc) is 2.87. The summed E-state index contributed by atoms with van der Waals surface area (Å²) in [4.78, 5) is 21.9. The SMILES string of the molecule is O=C(OCc1ccc([N+](=O)[O-])cc1)C1(Br)CC1(Br)Br. The molecular formula is C11H8Br3NO4. The number of esters is 1. The fourth-order valence-electron chi connectivity index (χ4n) is 1.46. The number of non-ortho nitro benzene ring substituents is 1. The summed E-state index contributed by atoms with van der Waals surface area (Å²) in [7, 11) is 0. The standard InChI is InChI=1S/C11H8Br3NO4/c12-10(6-11(10,13)14)9(16)19-5-7-1-3-8(4-2-7)15(17)18/h1-4H,5-6H2. The monoisotopic (exact) mass is 455 g/mol. The van der Waals surface area contributed by atoms with E-state index >= 15 is 0 Å². The van der Waals surface area contributed by atoms with Crippen LogP contribution in [-0.4, -0.2) is 18.5 Å². The smallest absolute Gasteiger partial charge is 0.325 e. The Labute approximate surface area is 134 Å². The first kappa shape index (κ1) is 14.9. The summed E-state index contributed by atoms with van der Waals surface area (Å²) >= 11 is 10.0. The highest BCUT2D eigenvalue weighted by Gasteiger charge is 2.70. The molecule has 5 nitrogen and oxygen atoms in total. The van der Waals surface area contributed by atoms with Crippen molar-refractivity contribution in [3.8, 4) is 0 Å². The van der Waals surface area contributed by atoms with Crippen molar-refractivity contribution in [2.75, 3.05) is 0 Å². The second kappa shape index (κ2) is 5.14. The highest BCUT2D eigenvalue weighted by molar-refractivity contribution is 9.26. The Hall–Kier alpha value is -0.470. The molecule has 0 bridgehead atoms. The summed E-state index contributed by atoms with van der Waals surface area (Å²) in [5, 5.41) is 10.5. The third kappa shape index (κ3) is 3.00. The van der Waals surface area contributed by atoms with Crippen LogP contribution in [0.15, 0.2) is 24.3 Å². The predicted octanol–water partition coefficient (Wildman–Crippen LogP) is 3.66. The Morgan fingerprint density at radius 2 is 1.84 bits per heavy atom. The maximum absolute atomic E-state index is 11.9.